The van der Waals surface area contributed by atoms with Crippen LogP contribution in [0, 0.1) is 0 Å². The molecule has 3 aromatic rings. The molecule has 0 saturated carbocycles. The summed E-state index contributed by atoms with van der Waals surface area (Å²) in [6.07, 6.45) is 0. The van der Waals surface area contributed by atoms with E-state index in [0.29, 0.717) is 22.0 Å². The molecule has 8 heteroatoms. The fraction of sp³-hybridized carbons (Fsp3) is 0.150. The average Bonchev–Trinajstić information content (AvgIpc) is 3.22. The molecule has 3 amide bonds. The smallest absolute Gasteiger partial charge is 0.325 e. The zero-order valence-corrected chi connectivity index (χ0v) is 17.1. The summed E-state index contributed by atoms with van der Waals surface area (Å²) >= 11 is 9.35. The summed E-state index contributed by atoms with van der Waals surface area (Å²) in [6, 6.07) is 15.7. The Hall–Kier alpha value is -2.64. The Morgan fingerprint density at radius 1 is 1.18 bits per heavy atom. The molecule has 1 atom stereocenters. The van der Waals surface area contributed by atoms with Crippen LogP contribution in [0.5, 0.6) is 0 Å². The number of nitrogens with one attached hydrogen (secondary N) is 1. The van der Waals surface area contributed by atoms with E-state index in [4.69, 9.17) is 16.1 Å². The van der Waals surface area contributed by atoms with Gasteiger partial charge in [0, 0.05) is 26.7 Å². The Kier molecular flexibility index (Phi) is 4.72. The van der Waals surface area contributed by atoms with E-state index in [1.165, 1.54) is 0 Å². The quantitative estimate of drug-likeness (QED) is 0.571. The van der Waals surface area contributed by atoms with Crippen molar-refractivity contribution in [2.24, 2.45) is 0 Å². The molecule has 1 N–H and O–H groups in total. The van der Waals surface area contributed by atoms with Gasteiger partial charge in [-0.15, -0.1) is 0 Å². The van der Waals surface area contributed by atoms with Crippen LogP contribution in [0.3, 0.4) is 0 Å². The summed E-state index contributed by atoms with van der Waals surface area (Å²) in [5.41, 5.74) is 0.966. The second kappa shape index (κ2) is 7.07. The standard InChI is InChI=1S/C20H15BrClN3O3/c1-20(15-4-2-3-5-16(15)21)18(26)25(19(27)23-20)11-14-10-17(24-28-14)12-6-8-13(22)9-7-12/h2-10H,11H2,1H3,(H,23,27). The number of urea groups is 1. The van der Waals surface area contributed by atoms with Gasteiger partial charge in [-0.3, -0.25) is 9.69 Å². The highest BCUT2D eigenvalue weighted by Crippen LogP contribution is 2.34. The number of imide groups is 1. The van der Waals surface area contributed by atoms with E-state index in [1.54, 1.807) is 31.2 Å². The van der Waals surface area contributed by atoms with Gasteiger partial charge in [0.1, 0.15) is 11.2 Å². The Morgan fingerprint density at radius 2 is 1.89 bits per heavy atom. The lowest BCUT2D eigenvalue weighted by molar-refractivity contribution is -0.131. The third kappa shape index (κ3) is 3.21. The van der Waals surface area contributed by atoms with Gasteiger partial charge in [0.25, 0.3) is 5.91 Å². The number of carbonyl (C=O) groups is 2. The molecule has 4 rings (SSSR count). The number of amides is 3. The largest absolute Gasteiger partial charge is 0.359 e. The fourth-order valence-electron chi connectivity index (χ4n) is 3.19. The van der Waals surface area contributed by atoms with E-state index in [0.717, 1.165) is 14.9 Å². The van der Waals surface area contributed by atoms with Crippen molar-refractivity contribution in [1.82, 2.24) is 15.4 Å². The molecule has 1 unspecified atom stereocenters. The van der Waals surface area contributed by atoms with Crippen molar-refractivity contribution in [3.8, 4) is 11.3 Å². The molecule has 1 aromatic heterocycles. The number of benzene rings is 2. The van der Waals surface area contributed by atoms with Gasteiger partial charge in [0.15, 0.2) is 5.76 Å². The Morgan fingerprint density at radius 3 is 2.61 bits per heavy atom. The van der Waals surface area contributed by atoms with Gasteiger partial charge in [-0.05, 0) is 25.1 Å². The van der Waals surface area contributed by atoms with Gasteiger partial charge >= 0.3 is 6.03 Å². The Bertz CT molecular complexity index is 1070. The third-order valence-corrected chi connectivity index (χ3v) is 5.64. The third-order valence-electron chi connectivity index (χ3n) is 4.70. The molecular formula is C20H15BrClN3O3. The lowest BCUT2D eigenvalue weighted by atomic mass is 9.92. The van der Waals surface area contributed by atoms with E-state index < -0.39 is 11.6 Å². The summed E-state index contributed by atoms with van der Waals surface area (Å²) < 4.78 is 6.09. The highest BCUT2D eigenvalue weighted by Gasteiger charge is 2.50. The van der Waals surface area contributed by atoms with Crippen LogP contribution in [0.1, 0.15) is 18.2 Å². The second-order valence-electron chi connectivity index (χ2n) is 6.61. The molecule has 2 heterocycles. The SMILES string of the molecule is CC1(c2ccccc2Br)NC(=O)N(Cc2cc(-c3ccc(Cl)cc3)no2)C1=O. The first-order chi connectivity index (χ1) is 13.4. The molecule has 1 fully saturated rings. The number of carbonyl (C=O) groups excluding carboxylic acids is 2. The van der Waals surface area contributed by atoms with Crippen molar-refractivity contribution in [3.05, 3.63) is 75.4 Å². The zero-order chi connectivity index (χ0) is 19.9. The number of rotatable bonds is 4. The van der Waals surface area contributed by atoms with Gasteiger partial charge in [0.05, 0.1) is 6.54 Å². The van der Waals surface area contributed by atoms with Crippen molar-refractivity contribution in [2.45, 2.75) is 19.0 Å². The number of hydrogen-bond acceptors (Lipinski definition) is 4. The van der Waals surface area contributed by atoms with Gasteiger partial charge in [0.2, 0.25) is 0 Å². The molecule has 6 nitrogen and oxygen atoms in total. The van der Waals surface area contributed by atoms with Crippen molar-refractivity contribution >= 4 is 39.5 Å². The van der Waals surface area contributed by atoms with Crippen LogP contribution in [-0.2, 0) is 16.9 Å². The number of halogens is 2. The van der Waals surface area contributed by atoms with Crippen molar-refractivity contribution in [3.63, 3.8) is 0 Å². The van der Waals surface area contributed by atoms with Gasteiger partial charge in [-0.2, -0.15) is 0 Å². The topological polar surface area (TPSA) is 75.4 Å². The normalized spacial score (nSPS) is 19.2. The lowest BCUT2D eigenvalue weighted by Crippen LogP contribution is -2.41. The molecule has 1 aliphatic heterocycles. The average molecular weight is 461 g/mol. The van der Waals surface area contributed by atoms with E-state index in [2.05, 4.69) is 26.4 Å². The molecule has 2 aromatic carbocycles. The van der Waals surface area contributed by atoms with Gasteiger partial charge < -0.3 is 9.84 Å². The Balaban J connectivity index is 1.58. The summed E-state index contributed by atoms with van der Waals surface area (Å²) in [4.78, 5) is 26.7. The van der Waals surface area contributed by atoms with E-state index in [9.17, 15) is 9.59 Å². The van der Waals surface area contributed by atoms with E-state index >= 15 is 0 Å². The molecule has 1 aliphatic rings. The summed E-state index contributed by atoms with van der Waals surface area (Å²) in [5, 5.41) is 7.43. The minimum atomic E-state index is -1.16. The number of nitrogens with zero attached hydrogens (tertiary/aromatic N) is 2. The van der Waals surface area contributed by atoms with Crippen LogP contribution in [0.15, 0.2) is 63.6 Å². The van der Waals surface area contributed by atoms with Crippen LogP contribution >= 0.6 is 27.5 Å². The maximum Gasteiger partial charge on any atom is 0.325 e. The summed E-state index contributed by atoms with van der Waals surface area (Å²) in [6.45, 7) is 1.68. The predicted molar refractivity (Wildman–Crippen MR) is 108 cm³/mol. The van der Waals surface area contributed by atoms with Gasteiger partial charge in [-0.1, -0.05) is 63.0 Å². The molecular weight excluding hydrogens is 446 g/mol. The maximum absolute atomic E-state index is 13.1. The Labute approximate surface area is 174 Å². The number of hydrogen-bond donors (Lipinski definition) is 1. The first kappa shape index (κ1) is 18.7. The lowest BCUT2D eigenvalue weighted by Gasteiger charge is -2.23. The van der Waals surface area contributed by atoms with Crippen molar-refractivity contribution < 1.29 is 14.1 Å². The van der Waals surface area contributed by atoms with E-state index in [-0.39, 0.29) is 12.5 Å². The molecule has 0 aliphatic carbocycles. The zero-order valence-electron chi connectivity index (χ0n) is 14.8. The minimum Gasteiger partial charge on any atom is -0.359 e. The summed E-state index contributed by atoms with van der Waals surface area (Å²) in [7, 11) is 0. The summed E-state index contributed by atoms with van der Waals surface area (Å²) in [5.74, 6) is 0.0543. The van der Waals surface area contributed by atoms with Crippen LogP contribution < -0.4 is 5.32 Å². The van der Waals surface area contributed by atoms with Gasteiger partial charge in [-0.25, -0.2) is 4.79 Å². The highest BCUT2D eigenvalue weighted by atomic mass is 79.9. The van der Waals surface area contributed by atoms with Crippen LogP contribution in [0.25, 0.3) is 11.3 Å². The van der Waals surface area contributed by atoms with Crippen LogP contribution in [0.4, 0.5) is 4.79 Å². The molecule has 0 spiro atoms. The van der Waals surface area contributed by atoms with Crippen molar-refractivity contribution in [1.29, 1.82) is 0 Å². The number of aromatic nitrogens is 1. The molecule has 28 heavy (non-hydrogen) atoms. The first-order valence-corrected chi connectivity index (χ1v) is 9.66. The molecule has 142 valence electrons. The maximum atomic E-state index is 13.1. The predicted octanol–water partition coefficient (Wildman–Crippen LogP) is 4.72. The monoisotopic (exact) mass is 459 g/mol. The molecule has 0 bridgehead atoms. The van der Waals surface area contributed by atoms with Crippen LogP contribution in [-0.4, -0.2) is 22.0 Å². The first-order valence-electron chi connectivity index (χ1n) is 8.49. The molecule has 0 radical (unpaired) electrons. The fourth-order valence-corrected chi connectivity index (χ4v) is 4.00. The molecule has 1 saturated heterocycles. The second-order valence-corrected chi connectivity index (χ2v) is 7.90. The minimum absolute atomic E-state index is 0.00863. The van der Waals surface area contributed by atoms with Crippen LogP contribution in [0.2, 0.25) is 5.02 Å². The van der Waals surface area contributed by atoms with Crippen molar-refractivity contribution in [2.75, 3.05) is 0 Å². The highest BCUT2D eigenvalue weighted by molar-refractivity contribution is 9.10. The van der Waals surface area contributed by atoms with E-state index in [1.807, 2.05) is 30.3 Å².